The molecule has 0 aliphatic heterocycles. The Morgan fingerprint density at radius 2 is 2.00 bits per heavy atom. The maximum absolute atomic E-state index is 12.8. The fourth-order valence-electron chi connectivity index (χ4n) is 3.88. The molecule has 0 saturated heterocycles. The molecule has 1 aliphatic rings. The number of amides is 1. The molecule has 1 heterocycles. The van der Waals surface area contributed by atoms with Crippen LogP contribution in [0.5, 0.6) is 0 Å². The van der Waals surface area contributed by atoms with Crippen molar-refractivity contribution >= 4 is 22.4 Å². The molecule has 6 heteroatoms. The van der Waals surface area contributed by atoms with Gasteiger partial charge in [0.05, 0.1) is 5.39 Å². The van der Waals surface area contributed by atoms with Crippen LogP contribution in [0.3, 0.4) is 0 Å². The second-order valence-corrected chi connectivity index (χ2v) is 7.80. The van der Waals surface area contributed by atoms with Crippen LogP contribution in [0.15, 0.2) is 34.2 Å². The highest BCUT2D eigenvalue weighted by Crippen LogP contribution is 2.31. The number of carbonyl (C=O) groups is 1. The minimum atomic E-state index is -0.373. The van der Waals surface area contributed by atoms with Crippen LogP contribution in [0.2, 0.25) is 0 Å². The lowest BCUT2D eigenvalue weighted by molar-refractivity contribution is 0.0948. The number of aromatic nitrogens is 2. The maximum Gasteiger partial charge on any atom is 0.292 e. The van der Waals surface area contributed by atoms with Gasteiger partial charge in [0.15, 0.2) is 5.69 Å². The molecule has 2 atom stereocenters. The summed E-state index contributed by atoms with van der Waals surface area (Å²) in [4.78, 5) is 25.3. The Morgan fingerprint density at radius 3 is 2.67 bits per heavy atom. The van der Waals surface area contributed by atoms with Crippen molar-refractivity contribution in [1.29, 1.82) is 0 Å². The molecular formula is C21H28N4O2. The van der Waals surface area contributed by atoms with Gasteiger partial charge in [0.2, 0.25) is 0 Å². The van der Waals surface area contributed by atoms with E-state index >= 15 is 0 Å². The van der Waals surface area contributed by atoms with Crippen molar-refractivity contribution in [3.63, 3.8) is 0 Å². The minimum Gasteiger partial charge on any atom is -0.267 e. The first kappa shape index (κ1) is 19.3. The first-order valence-electron chi connectivity index (χ1n) is 9.79. The molecule has 0 unspecified atom stereocenters. The number of aryl methyl sites for hydroxylation is 1. The summed E-state index contributed by atoms with van der Waals surface area (Å²) < 4.78 is 1.32. The Morgan fingerprint density at radius 1 is 1.30 bits per heavy atom. The zero-order valence-corrected chi connectivity index (χ0v) is 16.5. The summed E-state index contributed by atoms with van der Waals surface area (Å²) in [5.74, 6) is 1.10. The molecule has 3 rings (SSSR count). The van der Waals surface area contributed by atoms with Crippen LogP contribution in [0.1, 0.15) is 57.4 Å². The number of hydrogen-bond acceptors (Lipinski definition) is 4. The average molecular weight is 368 g/mol. The number of hydrogen-bond donors (Lipinski definition) is 1. The van der Waals surface area contributed by atoms with E-state index in [4.69, 9.17) is 0 Å². The molecule has 6 nitrogen and oxygen atoms in total. The highest BCUT2D eigenvalue weighted by atomic mass is 16.2. The summed E-state index contributed by atoms with van der Waals surface area (Å²) in [7, 11) is 0. The van der Waals surface area contributed by atoms with Crippen molar-refractivity contribution in [3.8, 4) is 0 Å². The first-order valence-corrected chi connectivity index (χ1v) is 9.79. The van der Waals surface area contributed by atoms with Crippen molar-refractivity contribution < 1.29 is 4.79 Å². The monoisotopic (exact) mass is 368 g/mol. The summed E-state index contributed by atoms with van der Waals surface area (Å²) in [6.45, 7) is 8.86. The highest BCUT2D eigenvalue weighted by molar-refractivity contribution is 6.05. The first-order chi connectivity index (χ1) is 12.9. The predicted octanol–water partition coefficient (Wildman–Crippen LogP) is 3.59. The number of benzene rings is 1. The van der Waals surface area contributed by atoms with E-state index in [1.165, 1.54) is 11.1 Å². The third-order valence-corrected chi connectivity index (χ3v) is 5.44. The summed E-state index contributed by atoms with van der Waals surface area (Å²) >= 11 is 0. The van der Waals surface area contributed by atoms with Crippen LogP contribution in [-0.4, -0.2) is 21.4 Å². The zero-order chi connectivity index (χ0) is 19.6. The number of nitrogens with one attached hydrogen (secondary N) is 1. The molecule has 1 aliphatic carbocycles. The molecule has 0 bridgehead atoms. The Labute approximate surface area is 159 Å². The number of carbonyl (C=O) groups excluding carboxylic acids is 1. The average Bonchev–Trinajstić information content (AvgIpc) is 2.66. The van der Waals surface area contributed by atoms with Crippen LogP contribution < -0.4 is 11.0 Å². The van der Waals surface area contributed by atoms with E-state index in [0.717, 1.165) is 18.6 Å². The predicted molar refractivity (Wildman–Crippen MR) is 108 cm³/mol. The molecule has 0 spiro atoms. The second-order valence-electron chi connectivity index (χ2n) is 7.80. The molecular weight excluding hydrogens is 340 g/mol. The van der Waals surface area contributed by atoms with Gasteiger partial charge in [-0.15, -0.1) is 0 Å². The van der Waals surface area contributed by atoms with E-state index in [9.17, 15) is 9.59 Å². The van der Waals surface area contributed by atoms with Gasteiger partial charge in [0.1, 0.15) is 0 Å². The van der Waals surface area contributed by atoms with Crippen molar-refractivity contribution in [2.75, 3.05) is 0 Å². The Kier molecular flexibility index (Phi) is 5.73. The molecule has 1 N–H and O–H groups in total. The summed E-state index contributed by atoms with van der Waals surface area (Å²) in [6, 6.07) is 7.08. The Balaban J connectivity index is 1.94. The molecule has 1 fully saturated rings. The maximum atomic E-state index is 12.8. The summed E-state index contributed by atoms with van der Waals surface area (Å²) in [5, 5.41) is 9.82. The summed E-state index contributed by atoms with van der Waals surface area (Å²) in [5.41, 5.74) is 3.82. The van der Waals surface area contributed by atoms with E-state index in [0.29, 0.717) is 35.1 Å². The van der Waals surface area contributed by atoms with Crippen LogP contribution in [0, 0.1) is 17.8 Å². The molecule has 2 aromatic rings. The molecule has 1 saturated carbocycles. The molecule has 1 aromatic carbocycles. The van der Waals surface area contributed by atoms with E-state index in [1.807, 2.05) is 6.92 Å². The van der Waals surface area contributed by atoms with Gasteiger partial charge in [-0.1, -0.05) is 39.0 Å². The van der Waals surface area contributed by atoms with Crippen LogP contribution in [0.25, 0.3) is 10.8 Å². The van der Waals surface area contributed by atoms with Crippen molar-refractivity contribution in [2.24, 2.45) is 22.9 Å². The van der Waals surface area contributed by atoms with Gasteiger partial charge < -0.3 is 0 Å². The highest BCUT2D eigenvalue weighted by Gasteiger charge is 2.27. The molecule has 27 heavy (non-hydrogen) atoms. The lowest BCUT2D eigenvalue weighted by atomic mass is 9.76. The molecule has 1 aromatic heterocycles. The van der Waals surface area contributed by atoms with Gasteiger partial charge in [-0.2, -0.15) is 10.2 Å². The number of hydrazone groups is 1. The van der Waals surface area contributed by atoms with Gasteiger partial charge in [0, 0.05) is 23.6 Å². The summed E-state index contributed by atoms with van der Waals surface area (Å²) in [6.07, 6.45) is 3.21. The van der Waals surface area contributed by atoms with Crippen molar-refractivity contribution in [2.45, 2.75) is 53.5 Å². The standard InChI is InChI=1S/C21H28N4O2/c1-5-25-21(27)17-9-7-6-8-16(17)19(24-25)20(26)23-22-18-12-14(4)10-11-15(18)13(2)3/h6-9,13-15H,5,10-12H2,1-4H3,(H,23,26)/b22-18-/t14-,15-/m0/s1. The smallest absolute Gasteiger partial charge is 0.267 e. The lowest BCUT2D eigenvalue weighted by Crippen LogP contribution is -2.32. The fourth-order valence-corrected chi connectivity index (χ4v) is 3.88. The van der Waals surface area contributed by atoms with Crippen molar-refractivity contribution in [3.05, 3.63) is 40.3 Å². The second kappa shape index (κ2) is 8.03. The number of fused-ring (bicyclic) bond motifs is 1. The minimum absolute atomic E-state index is 0.183. The van der Waals surface area contributed by atoms with Crippen LogP contribution >= 0.6 is 0 Å². The number of rotatable bonds is 4. The fraction of sp³-hybridized carbons (Fsp3) is 0.524. The molecule has 1 amide bonds. The van der Waals surface area contributed by atoms with E-state index < -0.39 is 0 Å². The third kappa shape index (κ3) is 3.94. The topological polar surface area (TPSA) is 76.3 Å². The van der Waals surface area contributed by atoms with Gasteiger partial charge >= 0.3 is 0 Å². The van der Waals surface area contributed by atoms with E-state index in [-0.39, 0.29) is 17.2 Å². The van der Waals surface area contributed by atoms with Gasteiger partial charge in [-0.25, -0.2) is 10.1 Å². The van der Waals surface area contributed by atoms with Gasteiger partial charge in [-0.05, 0) is 44.1 Å². The molecule has 0 radical (unpaired) electrons. The van der Waals surface area contributed by atoms with E-state index in [1.54, 1.807) is 24.3 Å². The van der Waals surface area contributed by atoms with Crippen LogP contribution in [-0.2, 0) is 6.54 Å². The third-order valence-electron chi connectivity index (χ3n) is 5.44. The normalized spacial score (nSPS) is 21.7. The molecule has 144 valence electrons. The lowest BCUT2D eigenvalue weighted by Gasteiger charge is -2.30. The van der Waals surface area contributed by atoms with E-state index in [2.05, 4.69) is 36.4 Å². The Bertz CT molecular complexity index is 929. The SMILES string of the molecule is CCn1nc(C(=O)N/N=C2/C[C@@H](C)CC[C@H]2C(C)C)c2ccccc2c1=O. The Hall–Kier alpha value is -2.50. The zero-order valence-electron chi connectivity index (χ0n) is 16.5. The van der Waals surface area contributed by atoms with Gasteiger partial charge in [-0.3, -0.25) is 9.59 Å². The van der Waals surface area contributed by atoms with Crippen LogP contribution in [0.4, 0.5) is 0 Å². The number of nitrogens with zero attached hydrogens (tertiary/aromatic N) is 3. The quantitative estimate of drug-likeness (QED) is 0.838. The van der Waals surface area contributed by atoms with Gasteiger partial charge in [0.25, 0.3) is 11.5 Å². The largest absolute Gasteiger partial charge is 0.292 e. The van der Waals surface area contributed by atoms with Crippen molar-refractivity contribution in [1.82, 2.24) is 15.2 Å².